The first kappa shape index (κ1) is 19.2. The van der Waals surface area contributed by atoms with Gasteiger partial charge in [0.1, 0.15) is 5.50 Å². The molecule has 1 amide bonds. The smallest absolute Gasteiger partial charge is 0.229 e. The lowest BCUT2D eigenvalue weighted by atomic mass is 9.66. The second kappa shape index (κ2) is 7.37. The number of nitrogens with one attached hydrogen (secondary N) is 3. The van der Waals surface area contributed by atoms with Crippen molar-refractivity contribution in [2.75, 3.05) is 5.75 Å². The Hall–Kier alpha value is -2.12. The highest BCUT2D eigenvalue weighted by Gasteiger charge is 2.50. The second-order valence-electron chi connectivity index (χ2n) is 8.42. The fourth-order valence-corrected chi connectivity index (χ4v) is 5.32. The Kier molecular flexibility index (Phi) is 5.05. The Morgan fingerprint density at radius 1 is 1.25 bits per heavy atom. The Morgan fingerprint density at radius 3 is 2.71 bits per heavy atom. The summed E-state index contributed by atoms with van der Waals surface area (Å²) in [6, 6.07) is 3.83. The van der Waals surface area contributed by atoms with E-state index < -0.39 is 5.92 Å². The monoisotopic (exact) mass is 398 g/mol. The van der Waals surface area contributed by atoms with Crippen LogP contribution in [0, 0.1) is 11.3 Å². The van der Waals surface area contributed by atoms with Crippen molar-refractivity contribution in [1.82, 2.24) is 20.9 Å². The van der Waals surface area contributed by atoms with E-state index in [1.807, 2.05) is 18.2 Å². The molecular formula is C21H26N4O2S. The van der Waals surface area contributed by atoms with Gasteiger partial charge < -0.3 is 10.6 Å². The average Bonchev–Trinajstić information content (AvgIpc) is 2.64. The number of fused-ring (bicyclic) bond motifs is 1. The number of carbonyl (C=O) groups is 2. The molecule has 3 heterocycles. The lowest BCUT2D eigenvalue weighted by Gasteiger charge is -2.48. The van der Waals surface area contributed by atoms with Crippen LogP contribution < -0.4 is 16.0 Å². The zero-order valence-corrected chi connectivity index (χ0v) is 17.0. The number of ketones is 1. The van der Waals surface area contributed by atoms with Crippen molar-refractivity contribution in [2.45, 2.75) is 44.3 Å². The molecule has 4 rings (SSSR count). The second-order valence-corrected chi connectivity index (χ2v) is 9.55. The fraction of sp³-hybridized carbons (Fsp3) is 0.476. The zero-order valence-electron chi connectivity index (χ0n) is 16.2. The summed E-state index contributed by atoms with van der Waals surface area (Å²) in [6.45, 7) is 7.99. The molecule has 1 aliphatic carbocycles. The van der Waals surface area contributed by atoms with Crippen molar-refractivity contribution in [3.05, 3.63) is 54.0 Å². The number of Topliss-reactive ketones (excluding diaryl/α,β-unsaturated/α-hetero) is 1. The average molecular weight is 399 g/mol. The van der Waals surface area contributed by atoms with E-state index in [1.165, 1.54) is 0 Å². The van der Waals surface area contributed by atoms with Crippen LogP contribution in [-0.2, 0) is 9.59 Å². The van der Waals surface area contributed by atoms with Gasteiger partial charge in [-0.3, -0.25) is 19.9 Å². The van der Waals surface area contributed by atoms with Gasteiger partial charge in [0.05, 0.1) is 12.1 Å². The number of carbonyl (C=O) groups excluding carboxylic acids is 2. The molecule has 1 aromatic heterocycles. The highest BCUT2D eigenvalue weighted by atomic mass is 32.2. The fourth-order valence-electron chi connectivity index (χ4n) is 4.55. The summed E-state index contributed by atoms with van der Waals surface area (Å²) in [5.74, 6) is 0.166. The first-order valence-corrected chi connectivity index (χ1v) is 10.7. The van der Waals surface area contributed by atoms with Gasteiger partial charge >= 0.3 is 0 Å². The summed E-state index contributed by atoms with van der Waals surface area (Å²) in [4.78, 5) is 30.4. The maximum atomic E-state index is 13.1. The molecule has 3 aliphatic rings. The quantitative estimate of drug-likeness (QED) is 0.675. The number of hydrogen-bond acceptors (Lipinski definition) is 6. The third-order valence-corrected chi connectivity index (χ3v) is 6.65. The van der Waals surface area contributed by atoms with Crippen molar-refractivity contribution in [3.8, 4) is 0 Å². The molecule has 148 valence electrons. The lowest BCUT2D eigenvalue weighted by molar-refractivity contribution is -0.130. The maximum absolute atomic E-state index is 13.1. The standard InChI is InChI=1S/C21H26N4O2S/c1-4-9-28-20-24-18-17(19(27)25-20)15(12-5-7-22-8-6-12)16-13(23-18)10-21(2,3)11-14(16)26/h4-8,15,17-18,20,23-24H,1,9-11H2,2-3H3,(H,25,27). The van der Waals surface area contributed by atoms with Crippen LogP contribution in [-0.4, -0.2) is 34.1 Å². The number of pyridine rings is 1. The summed E-state index contributed by atoms with van der Waals surface area (Å²) < 4.78 is 0. The molecule has 0 bridgehead atoms. The molecule has 1 saturated heterocycles. The van der Waals surface area contributed by atoms with Gasteiger partial charge in [0.2, 0.25) is 5.91 Å². The summed E-state index contributed by atoms with van der Waals surface area (Å²) in [5.41, 5.74) is 2.42. The van der Waals surface area contributed by atoms with Crippen molar-refractivity contribution in [3.63, 3.8) is 0 Å². The molecule has 0 spiro atoms. The van der Waals surface area contributed by atoms with Gasteiger partial charge in [-0.2, -0.15) is 0 Å². The van der Waals surface area contributed by atoms with Crippen LogP contribution >= 0.6 is 11.8 Å². The molecule has 0 radical (unpaired) electrons. The predicted molar refractivity (Wildman–Crippen MR) is 110 cm³/mol. The number of aromatic nitrogens is 1. The Morgan fingerprint density at radius 2 is 2.00 bits per heavy atom. The van der Waals surface area contributed by atoms with Crippen LogP contribution in [0.2, 0.25) is 0 Å². The van der Waals surface area contributed by atoms with Gasteiger partial charge in [-0.05, 0) is 29.5 Å². The first-order valence-electron chi connectivity index (χ1n) is 9.61. The van der Waals surface area contributed by atoms with Crippen LogP contribution in [0.25, 0.3) is 0 Å². The maximum Gasteiger partial charge on any atom is 0.229 e. The summed E-state index contributed by atoms with van der Waals surface area (Å²) in [6.07, 6.45) is 6.34. The van der Waals surface area contributed by atoms with Crippen LogP contribution in [0.5, 0.6) is 0 Å². The molecule has 0 saturated carbocycles. The van der Waals surface area contributed by atoms with Crippen molar-refractivity contribution >= 4 is 23.5 Å². The van der Waals surface area contributed by atoms with Crippen LogP contribution in [0.1, 0.15) is 38.2 Å². The molecule has 28 heavy (non-hydrogen) atoms. The van der Waals surface area contributed by atoms with Crippen LogP contribution in [0.3, 0.4) is 0 Å². The number of thioether (sulfide) groups is 1. The molecule has 2 aliphatic heterocycles. The Bertz CT molecular complexity index is 836. The van der Waals surface area contributed by atoms with E-state index in [0.717, 1.165) is 29.0 Å². The van der Waals surface area contributed by atoms with E-state index in [4.69, 9.17) is 0 Å². The molecule has 4 unspecified atom stereocenters. The molecule has 7 heteroatoms. The van der Waals surface area contributed by atoms with Gasteiger partial charge in [0.25, 0.3) is 0 Å². The van der Waals surface area contributed by atoms with Gasteiger partial charge in [-0.15, -0.1) is 18.3 Å². The van der Waals surface area contributed by atoms with E-state index in [2.05, 4.69) is 41.4 Å². The zero-order chi connectivity index (χ0) is 19.9. The van der Waals surface area contributed by atoms with E-state index in [0.29, 0.717) is 6.42 Å². The molecule has 1 aromatic rings. The van der Waals surface area contributed by atoms with E-state index in [1.54, 1.807) is 24.2 Å². The van der Waals surface area contributed by atoms with Gasteiger partial charge in [0, 0.05) is 41.8 Å². The number of nitrogens with zero attached hydrogens (tertiary/aromatic N) is 1. The van der Waals surface area contributed by atoms with Crippen molar-refractivity contribution < 1.29 is 9.59 Å². The topological polar surface area (TPSA) is 83.1 Å². The highest BCUT2D eigenvalue weighted by molar-refractivity contribution is 7.99. The van der Waals surface area contributed by atoms with Gasteiger partial charge in [-0.1, -0.05) is 19.9 Å². The molecule has 3 N–H and O–H groups in total. The molecule has 6 nitrogen and oxygen atoms in total. The van der Waals surface area contributed by atoms with E-state index in [9.17, 15) is 9.59 Å². The SMILES string of the molecule is C=CCSC1NC(=O)C2C(NC3=C(C(=O)CC(C)(C)C3)C2c2ccncc2)N1. The van der Waals surface area contributed by atoms with Crippen LogP contribution in [0.4, 0.5) is 0 Å². The summed E-state index contributed by atoms with van der Waals surface area (Å²) in [7, 11) is 0. The molecular weight excluding hydrogens is 372 g/mol. The van der Waals surface area contributed by atoms with E-state index >= 15 is 0 Å². The normalized spacial score (nSPS) is 31.4. The number of hydrogen-bond donors (Lipinski definition) is 3. The molecule has 1 fully saturated rings. The van der Waals surface area contributed by atoms with E-state index in [-0.39, 0.29) is 34.7 Å². The number of amides is 1. The van der Waals surface area contributed by atoms with Gasteiger partial charge in [-0.25, -0.2) is 0 Å². The Labute approximate surface area is 169 Å². The highest BCUT2D eigenvalue weighted by Crippen LogP contribution is 2.47. The Balaban J connectivity index is 1.76. The number of allylic oxidation sites excluding steroid dienone is 2. The first-order chi connectivity index (χ1) is 13.4. The number of rotatable bonds is 4. The minimum atomic E-state index is -0.396. The van der Waals surface area contributed by atoms with Crippen LogP contribution in [0.15, 0.2) is 48.5 Å². The van der Waals surface area contributed by atoms with Gasteiger partial charge in [0.15, 0.2) is 5.78 Å². The third kappa shape index (κ3) is 3.49. The van der Waals surface area contributed by atoms with Crippen molar-refractivity contribution in [1.29, 1.82) is 0 Å². The molecule has 0 aromatic carbocycles. The summed E-state index contributed by atoms with van der Waals surface area (Å²) in [5, 5.41) is 10.1. The lowest BCUT2D eigenvalue weighted by Crippen LogP contribution is -2.68. The minimum Gasteiger partial charge on any atom is -0.372 e. The predicted octanol–water partition coefficient (Wildman–Crippen LogP) is 2.28. The van der Waals surface area contributed by atoms with Crippen molar-refractivity contribution in [2.24, 2.45) is 11.3 Å². The third-order valence-electron chi connectivity index (χ3n) is 5.63. The minimum absolute atomic E-state index is 0.0381. The summed E-state index contributed by atoms with van der Waals surface area (Å²) >= 11 is 1.59. The molecule has 4 atom stereocenters. The largest absolute Gasteiger partial charge is 0.372 e.